The minimum Gasteiger partial charge on any atom is -0.490 e. The lowest BCUT2D eigenvalue weighted by Gasteiger charge is -2.30. The molecule has 6 nitrogen and oxygen atoms in total. The summed E-state index contributed by atoms with van der Waals surface area (Å²) in [7, 11) is 0. The Hall–Kier alpha value is -2.48. The van der Waals surface area contributed by atoms with Crippen LogP contribution in [0.4, 0.5) is 0 Å². The number of rotatable bonds is 19. The molecule has 0 amide bonds. The van der Waals surface area contributed by atoms with Crippen LogP contribution in [0.5, 0.6) is 5.75 Å². The molecule has 0 aliphatic rings. The van der Waals surface area contributed by atoms with E-state index in [-0.39, 0.29) is 31.3 Å². The lowest BCUT2D eigenvalue weighted by atomic mass is 9.92. The fourth-order valence-electron chi connectivity index (χ4n) is 3.63. The van der Waals surface area contributed by atoms with Crippen molar-refractivity contribution >= 4 is 0 Å². The molecular weight excluding hydrogens is 456 g/mol. The van der Waals surface area contributed by atoms with Gasteiger partial charge >= 0.3 is 0 Å². The highest BCUT2D eigenvalue weighted by Gasteiger charge is 2.25. The van der Waals surface area contributed by atoms with Crippen LogP contribution in [0.1, 0.15) is 37.8 Å². The number of ether oxygens (including phenoxy) is 5. The van der Waals surface area contributed by atoms with Gasteiger partial charge in [0.25, 0.3) is 0 Å². The first-order valence-corrected chi connectivity index (χ1v) is 12.4. The van der Waals surface area contributed by atoms with Gasteiger partial charge in [-0.1, -0.05) is 67.6 Å². The number of benzene rings is 2. The molecule has 2 rings (SSSR count). The number of aliphatic hydroxyl groups is 1. The molecular formula is C30H42O6. The Balaban J connectivity index is 2.07. The van der Waals surface area contributed by atoms with Crippen LogP contribution in [-0.4, -0.2) is 69.2 Å². The van der Waals surface area contributed by atoms with Crippen LogP contribution in [0.2, 0.25) is 0 Å². The summed E-state index contributed by atoms with van der Waals surface area (Å²) in [5, 5.41) is 9.63. The summed E-state index contributed by atoms with van der Waals surface area (Å²) in [6, 6.07) is 18.4. The van der Waals surface area contributed by atoms with Crippen LogP contribution in [0.3, 0.4) is 0 Å². The van der Waals surface area contributed by atoms with Gasteiger partial charge in [0.1, 0.15) is 24.6 Å². The number of hydrogen-bond donors (Lipinski definition) is 1. The van der Waals surface area contributed by atoms with Crippen molar-refractivity contribution in [1.29, 1.82) is 0 Å². The molecule has 0 saturated carbocycles. The molecule has 0 aromatic heterocycles. The van der Waals surface area contributed by atoms with E-state index in [0.717, 1.165) is 11.3 Å². The summed E-state index contributed by atoms with van der Waals surface area (Å²) < 4.78 is 29.8. The van der Waals surface area contributed by atoms with Gasteiger partial charge in [-0.05, 0) is 25.5 Å². The number of hydrogen-bond acceptors (Lipinski definition) is 6. The summed E-state index contributed by atoms with van der Waals surface area (Å²) in [5.74, 6) is 0.994. The van der Waals surface area contributed by atoms with Crippen LogP contribution in [0, 0.1) is 0 Å². The summed E-state index contributed by atoms with van der Waals surface area (Å²) in [6.45, 7) is 15.1. The van der Waals surface area contributed by atoms with Crippen LogP contribution in [-0.2, 0) is 18.9 Å². The molecule has 6 heteroatoms. The molecule has 2 aromatic carbocycles. The molecule has 0 spiro atoms. The van der Waals surface area contributed by atoms with Crippen molar-refractivity contribution in [3.8, 4) is 5.75 Å². The molecule has 0 radical (unpaired) electrons. The molecule has 0 heterocycles. The summed E-state index contributed by atoms with van der Waals surface area (Å²) in [5.41, 5.74) is 1.61. The Labute approximate surface area is 216 Å². The zero-order valence-electron chi connectivity index (χ0n) is 21.9. The third-order valence-corrected chi connectivity index (χ3v) is 5.57. The Morgan fingerprint density at radius 1 is 0.833 bits per heavy atom. The highest BCUT2D eigenvalue weighted by molar-refractivity contribution is 5.41. The maximum atomic E-state index is 9.63. The molecule has 2 aromatic rings. The molecule has 36 heavy (non-hydrogen) atoms. The molecule has 1 N–H and O–H groups in total. The van der Waals surface area contributed by atoms with Crippen molar-refractivity contribution in [3.63, 3.8) is 0 Å². The first-order chi connectivity index (χ1) is 17.4. The Morgan fingerprint density at radius 3 is 2.08 bits per heavy atom. The van der Waals surface area contributed by atoms with E-state index in [1.165, 1.54) is 5.56 Å². The zero-order chi connectivity index (χ0) is 26.2. The van der Waals surface area contributed by atoms with E-state index in [2.05, 4.69) is 38.3 Å². The van der Waals surface area contributed by atoms with E-state index < -0.39 is 5.60 Å². The van der Waals surface area contributed by atoms with Crippen LogP contribution < -0.4 is 4.74 Å². The van der Waals surface area contributed by atoms with Crippen molar-refractivity contribution in [2.75, 3.05) is 46.2 Å². The molecule has 0 fully saturated rings. The van der Waals surface area contributed by atoms with Gasteiger partial charge in [-0.2, -0.15) is 0 Å². The molecule has 198 valence electrons. The Kier molecular flexibility index (Phi) is 13.5. The van der Waals surface area contributed by atoms with Crippen molar-refractivity contribution in [3.05, 3.63) is 91.0 Å². The second-order valence-electron chi connectivity index (χ2n) is 9.25. The largest absolute Gasteiger partial charge is 0.490 e. The average molecular weight is 499 g/mol. The van der Waals surface area contributed by atoms with Crippen molar-refractivity contribution in [2.24, 2.45) is 0 Å². The topological polar surface area (TPSA) is 66.4 Å². The van der Waals surface area contributed by atoms with Crippen LogP contribution in [0.25, 0.3) is 0 Å². The Morgan fingerprint density at radius 2 is 1.44 bits per heavy atom. The van der Waals surface area contributed by atoms with Gasteiger partial charge in [0.05, 0.1) is 45.2 Å². The third-order valence-electron chi connectivity index (χ3n) is 5.57. The number of para-hydroxylation sites is 1. The van der Waals surface area contributed by atoms with Gasteiger partial charge in [0, 0.05) is 11.5 Å². The predicted octanol–water partition coefficient (Wildman–Crippen LogP) is 5.16. The lowest BCUT2D eigenvalue weighted by Crippen LogP contribution is -2.40. The first kappa shape index (κ1) is 29.7. The van der Waals surface area contributed by atoms with E-state index >= 15 is 0 Å². The summed E-state index contributed by atoms with van der Waals surface area (Å²) >= 11 is 0. The normalized spacial score (nSPS) is 14.1. The fourth-order valence-corrected chi connectivity index (χ4v) is 3.63. The average Bonchev–Trinajstić information content (AvgIpc) is 2.90. The van der Waals surface area contributed by atoms with E-state index in [1.54, 1.807) is 12.2 Å². The van der Waals surface area contributed by atoms with Gasteiger partial charge in [-0.25, -0.2) is 0 Å². The second kappa shape index (κ2) is 16.3. The van der Waals surface area contributed by atoms with E-state index in [1.807, 2.05) is 50.2 Å². The van der Waals surface area contributed by atoms with Crippen LogP contribution in [0.15, 0.2) is 79.9 Å². The van der Waals surface area contributed by atoms with E-state index in [4.69, 9.17) is 23.7 Å². The molecule has 0 aliphatic heterocycles. The minimum atomic E-state index is -0.719. The maximum absolute atomic E-state index is 9.63. The minimum absolute atomic E-state index is 0.115. The highest BCUT2D eigenvalue weighted by atomic mass is 16.6. The monoisotopic (exact) mass is 498 g/mol. The van der Waals surface area contributed by atoms with Crippen molar-refractivity contribution in [1.82, 2.24) is 0 Å². The Bertz CT molecular complexity index is 882. The lowest BCUT2D eigenvalue weighted by molar-refractivity contribution is -0.154. The zero-order valence-corrected chi connectivity index (χ0v) is 21.9. The van der Waals surface area contributed by atoms with E-state index in [0.29, 0.717) is 33.0 Å². The molecule has 3 unspecified atom stereocenters. The van der Waals surface area contributed by atoms with Gasteiger partial charge in [-0.3, -0.25) is 0 Å². The molecule has 0 bridgehead atoms. The highest BCUT2D eigenvalue weighted by Crippen LogP contribution is 2.31. The standard InChI is InChI=1S/C30H42O6/c1-6-17-32-19-26(34-22-27(20-33-18-7-2)36-30(4,5)23-31)21-35-29-16-12-11-15-28(29)24(3)25-13-9-8-10-14-25/h6-16,24,26-27,31H,1-2,17-23H2,3-5H3. The fraction of sp³-hybridized carbons (Fsp3) is 0.467. The molecule has 3 atom stereocenters. The summed E-state index contributed by atoms with van der Waals surface area (Å²) in [4.78, 5) is 0. The van der Waals surface area contributed by atoms with Crippen molar-refractivity contribution in [2.45, 2.75) is 44.5 Å². The van der Waals surface area contributed by atoms with Crippen molar-refractivity contribution < 1.29 is 28.8 Å². The summed E-state index contributed by atoms with van der Waals surface area (Å²) in [6.07, 6.45) is 2.67. The van der Waals surface area contributed by atoms with E-state index in [9.17, 15) is 5.11 Å². The van der Waals surface area contributed by atoms with Gasteiger partial charge in [0.2, 0.25) is 0 Å². The SMILES string of the molecule is C=CCOCC(COc1ccccc1C(C)c1ccccc1)OCC(COCC=C)OC(C)(C)CO. The molecule has 0 aliphatic carbocycles. The number of aliphatic hydroxyl groups excluding tert-OH is 1. The van der Waals surface area contributed by atoms with Gasteiger partial charge < -0.3 is 28.8 Å². The van der Waals surface area contributed by atoms with Crippen LogP contribution >= 0.6 is 0 Å². The van der Waals surface area contributed by atoms with Gasteiger partial charge in [0.15, 0.2) is 0 Å². The quantitative estimate of drug-likeness (QED) is 0.213. The molecule has 0 saturated heterocycles. The maximum Gasteiger partial charge on any atom is 0.123 e. The predicted molar refractivity (Wildman–Crippen MR) is 144 cm³/mol. The smallest absolute Gasteiger partial charge is 0.123 e. The van der Waals surface area contributed by atoms with Gasteiger partial charge in [-0.15, -0.1) is 13.2 Å². The third kappa shape index (κ3) is 10.6. The second-order valence-corrected chi connectivity index (χ2v) is 9.25. The first-order valence-electron chi connectivity index (χ1n) is 12.4.